The van der Waals surface area contributed by atoms with Crippen molar-refractivity contribution in [2.75, 3.05) is 0 Å². The Balaban J connectivity index is 1.80. The Morgan fingerprint density at radius 1 is 1.33 bits per heavy atom. The van der Waals surface area contributed by atoms with Crippen LogP contribution in [-0.4, -0.2) is 5.60 Å². The number of nitrogens with two attached hydrogens (primary N) is 1. The molecule has 0 aromatic heterocycles. The number of fused-ring (bicyclic) bond motifs is 1. The third-order valence-corrected chi connectivity index (χ3v) is 5.24. The molecule has 0 radical (unpaired) electrons. The first-order valence-electron chi connectivity index (χ1n) is 8.36. The summed E-state index contributed by atoms with van der Waals surface area (Å²) in [6.07, 6.45) is 9.25. The van der Waals surface area contributed by atoms with Gasteiger partial charge in [-0.05, 0) is 37.7 Å². The normalized spacial score (nSPS) is 32.3. The Morgan fingerprint density at radius 2 is 2.19 bits per heavy atom. The zero-order valence-corrected chi connectivity index (χ0v) is 12.9. The van der Waals surface area contributed by atoms with Crippen LogP contribution in [0.2, 0.25) is 0 Å². The third kappa shape index (κ3) is 3.08. The van der Waals surface area contributed by atoms with Crippen LogP contribution in [0.1, 0.15) is 69.9 Å². The van der Waals surface area contributed by atoms with Gasteiger partial charge >= 0.3 is 0 Å². The van der Waals surface area contributed by atoms with E-state index in [2.05, 4.69) is 6.92 Å². The number of rotatable bonds is 2. The lowest BCUT2D eigenvalue weighted by Gasteiger charge is -2.41. The van der Waals surface area contributed by atoms with Gasteiger partial charge < -0.3 is 10.5 Å². The standard InChI is InChI=1S/C18H26FNO/c1-2-4-13-5-3-9-18(10-8-13)12-16(20)15-7-6-14(19)11-17(15)21-18/h6-7,11,13,16H,2-5,8-10,12,20H2,1H3/t13?,16-,18?/m0/s1. The zero-order chi connectivity index (χ0) is 14.9. The first-order chi connectivity index (χ1) is 10.1. The molecule has 1 aliphatic carbocycles. The molecule has 2 aliphatic rings. The van der Waals surface area contributed by atoms with Gasteiger partial charge in [-0.1, -0.05) is 32.3 Å². The summed E-state index contributed by atoms with van der Waals surface area (Å²) in [7, 11) is 0. The summed E-state index contributed by atoms with van der Waals surface area (Å²) in [5, 5.41) is 0. The molecule has 1 saturated carbocycles. The summed E-state index contributed by atoms with van der Waals surface area (Å²) < 4.78 is 19.8. The Bertz CT molecular complexity index is 504. The highest BCUT2D eigenvalue weighted by molar-refractivity contribution is 5.39. The molecule has 1 aromatic rings. The lowest BCUT2D eigenvalue weighted by molar-refractivity contribution is 0.0199. The summed E-state index contributed by atoms with van der Waals surface area (Å²) in [4.78, 5) is 0. The molecule has 2 nitrogen and oxygen atoms in total. The van der Waals surface area contributed by atoms with Crippen molar-refractivity contribution in [3.8, 4) is 5.75 Å². The quantitative estimate of drug-likeness (QED) is 0.855. The first kappa shape index (κ1) is 14.8. The van der Waals surface area contributed by atoms with Crippen molar-refractivity contribution in [1.82, 2.24) is 0 Å². The maximum absolute atomic E-state index is 13.5. The van der Waals surface area contributed by atoms with Gasteiger partial charge in [0.2, 0.25) is 0 Å². The Kier molecular flexibility index (Phi) is 4.21. The minimum atomic E-state index is -0.240. The van der Waals surface area contributed by atoms with Gasteiger partial charge in [0.15, 0.2) is 0 Å². The van der Waals surface area contributed by atoms with E-state index in [1.54, 1.807) is 6.07 Å². The van der Waals surface area contributed by atoms with Crippen molar-refractivity contribution in [3.63, 3.8) is 0 Å². The molecule has 2 N–H and O–H groups in total. The van der Waals surface area contributed by atoms with Crippen molar-refractivity contribution in [2.24, 2.45) is 11.7 Å². The summed E-state index contributed by atoms with van der Waals surface area (Å²) in [6.45, 7) is 2.26. The zero-order valence-electron chi connectivity index (χ0n) is 12.9. The highest BCUT2D eigenvalue weighted by Crippen LogP contribution is 2.46. The van der Waals surface area contributed by atoms with Crippen LogP contribution in [0.5, 0.6) is 5.75 Å². The van der Waals surface area contributed by atoms with E-state index in [0.717, 1.165) is 30.7 Å². The summed E-state index contributed by atoms with van der Waals surface area (Å²) in [5.41, 5.74) is 7.13. The molecule has 3 atom stereocenters. The number of benzene rings is 1. The second-order valence-electron chi connectivity index (χ2n) is 6.86. The van der Waals surface area contributed by atoms with Crippen molar-refractivity contribution in [1.29, 1.82) is 0 Å². The van der Waals surface area contributed by atoms with Gasteiger partial charge in [0.1, 0.15) is 17.2 Å². The average Bonchev–Trinajstić information content (AvgIpc) is 2.62. The molecule has 0 amide bonds. The average molecular weight is 291 g/mol. The predicted octanol–water partition coefficient (Wildman–Crippen LogP) is 4.73. The number of hydrogen-bond donors (Lipinski definition) is 1. The van der Waals surface area contributed by atoms with Crippen LogP contribution in [0.3, 0.4) is 0 Å². The Morgan fingerprint density at radius 3 is 3.00 bits per heavy atom. The van der Waals surface area contributed by atoms with Gasteiger partial charge in [0.25, 0.3) is 0 Å². The second-order valence-corrected chi connectivity index (χ2v) is 6.86. The lowest BCUT2D eigenvalue weighted by atomic mass is 9.82. The van der Waals surface area contributed by atoms with Gasteiger partial charge in [0.05, 0.1) is 0 Å². The fraction of sp³-hybridized carbons (Fsp3) is 0.667. The van der Waals surface area contributed by atoms with Gasteiger partial charge in [0, 0.05) is 24.1 Å². The SMILES string of the molecule is CCCC1CCCC2(CC1)C[C@H](N)c1ccc(F)cc1O2. The van der Waals surface area contributed by atoms with Crippen LogP contribution in [0.15, 0.2) is 18.2 Å². The van der Waals surface area contributed by atoms with Gasteiger partial charge in [-0.25, -0.2) is 4.39 Å². The van der Waals surface area contributed by atoms with Crippen LogP contribution < -0.4 is 10.5 Å². The number of ether oxygens (including phenoxy) is 1. The first-order valence-corrected chi connectivity index (χ1v) is 8.36. The van der Waals surface area contributed by atoms with Crippen LogP contribution in [0, 0.1) is 11.7 Å². The molecule has 0 bridgehead atoms. The maximum atomic E-state index is 13.5. The second kappa shape index (κ2) is 5.96. The molecular weight excluding hydrogens is 265 g/mol. The predicted molar refractivity (Wildman–Crippen MR) is 82.8 cm³/mol. The third-order valence-electron chi connectivity index (χ3n) is 5.24. The van der Waals surface area contributed by atoms with Crippen LogP contribution in [0.25, 0.3) is 0 Å². The fourth-order valence-electron chi connectivity index (χ4n) is 4.14. The molecule has 3 rings (SSSR count). The molecule has 21 heavy (non-hydrogen) atoms. The topological polar surface area (TPSA) is 35.2 Å². The molecule has 1 fully saturated rings. The van der Waals surface area contributed by atoms with E-state index >= 15 is 0 Å². The van der Waals surface area contributed by atoms with E-state index in [0.29, 0.717) is 5.75 Å². The van der Waals surface area contributed by atoms with Crippen LogP contribution in [0.4, 0.5) is 4.39 Å². The molecule has 0 saturated heterocycles. The van der Waals surface area contributed by atoms with E-state index < -0.39 is 0 Å². The van der Waals surface area contributed by atoms with Gasteiger partial charge in [-0.3, -0.25) is 0 Å². The molecule has 3 heteroatoms. The maximum Gasteiger partial charge on any atom is 0.127 e. The van der Waals surface area contributed by atoms with Gasteiger partial charge in [-0.15, -0.1) is 0 Å². The van der Waals surface area contributed by atoms with E-state index in [-0.39, 0.29) is 17.5 Å². The molecular formula is C18H26FNO. The highest BCUT2D eigenvalue weighted by atomic mass is 19.1. The Labute approximate surface area is 126 Å². The number of hydrogen-bond acceptors (Lipinski definition) is 2. The summed E-state index contributed by atoms with van der Waals surface area (Å²) >= 11 is 0. The van der Waals surface area contributed by atoms with E-state index in [9.17, 15) is 4.39 Å². The monoisotopic (exact) mass is 291 g/mol. The summed E-state index contributed by atoms with van der Waals surface area (Å²) in [5.74, 6) is 1.25. The van der Waals surface area contributed by atoms with E-state index in [1.807, 2.05) is 0 Å². The minimum Gasteiger partial charge on any atom is -0.487 e. The fourth-order valence-corrected chi connectivity index (χ4v) is 4.14. The Hall–Kier alpha value is -1.09. The van der Waals surface area contributed by atoms with Gasteiger partial charge in [-0.2, -0.15) is 0 Å². The van der Waals surface area contributed by atoms with Crippen LogP contribution in [-0.2, 0) is 0 Å². The minimum absolute atomic E-state index is 0.0305. The van der Waals surface area contributed by atoms with Crippen molar-refractivity contribution < 1.29 is 9.13 Å². The molecule has 1 spiro atoms. The smallest absolute Gasteiger partial charge is 0.127 e. The van der Waals surface area contributed by atoms with Crippen molar-refractivity contribution >= 4 is 0 Å². The van der Waals surface area contributed by atoms with E-state index in [1.165, 1.54) is 44.2 Å². The van der Waals surface area contributed by atoms with Crippen molar-refractivity contribution in [3.05, 3.63) is 29.6 Å². The molecule has 1 aliphatic heterocycles. The van der Waals surface area contributed by atoms with Crippen LogP contribution >= 0.6 is 0 Å². The van der Waals surface area contributed by atoms with E-state index in [4.69, 9.17) is 10.5 Å². The number of halogens is 1. The summed E-state index contributed by atoms with van der Waals surface area (Å²) in [6, 6.07) is 4.73. The molecule has 1 heterocycles. The molecule has 2 unspecified atom stereocenters. The lowest BCUT2D eigenvalue weighted by Crippen LogP contribution is -2.42. The molecule has 116 valence electrons. The largest absolute Gasteiger partial charge is 0.487 e. The molecule has 1 aromatic carbocycles. The highest BCUT2D eigenvalue weighted by Gasteiger charge is 2.41. The van der Waals surface area contributed by atoms with Crippen molar-refractivity contribution in [2.45, 2.75) is 69.9 Å².